The Labute approximate surface area is 56.4 Å². The predicted molar refractivity (Wildman–Crippen MR) is 37.1 cm³/mol. The van der Waals surface area contributed by atoms with Crippen LogP contribution in [0, 0.1) is 17.3 Å². The second-order valence-corrected chi connectivity index (χ2v) is 3.50. The highest BCUT2D eigenvalue weighted by Gasteiger charge is 2.55. The minimum Gasteiger partial charge on any atom is -0.303 e. The number of carbonyl (C=O) groups excluding carboxylic acids is 1. The molecule has 0 bridgehead atoms. The van der Waals surface area contributed by atoms with Crippen molar-refractivity contribution in [2.75, 3.05) is 0 Å². The van der Waals surface area contributed by atoms with E-state index in [0.29, 0.717) is 17.3 Å². The van der Waals surface area contributed by atoms with Crippen molar-refractivity contribution in [3.63, 3.8) is 0 Å². The normalized spacial score (nSPS) is 38.1. The first-order chi connectivity index (χ1) is 4.14. The highest BCUT2D eigenvalue weighted by Crippen LogP contribution is 2.58. The molecule has 0 spiro atoms. The van der Waals surface area contributed by atoms with Gasteiger partial charge in [0, 0.05) is 5.92 Å². The van der Waals surface area contributed by atoms with E-state index in [0.717, 1.165) is 12.7 Å². The summed E-state index contributed by atoms with van der Waals surface area (Å²) < 4.78 is 0. The van der Waals surface area contributed by atoms with Crippen LogP contribution in [0.25, 0.3) is 0 Å². The fraction of sp³-hybridized carbons (Fsp3) is 0.875. The summed E-state index contributed by atoms with van der Waals surface area (Å²) in [5, 5.41) is 0. The molecular weight excluding hydrogens is 112 g/mol. The van der Waals surface area contributed by atoms with E-state index in [4.69, 9.17) is 0 Å². The Morgan fingerprint density at radius 3 is 2.22 bits per heavy atom. The molecule has 1 saturated carbocycles. The van der Waals surface area contributed by atoms with Crippen LogP contribution in [0.5, 0.6) is 0 Å². The fourth-order valence-corrected chi connectivity index (χ4v) is 1.84. The molecule has 9 heavy (non-hydrogen) atoms. The van der Waals surface area contributed by atoms with Crippen LogP contribution in [-0.4, -0.2) is 6.29 Å². The van der Waals surface area contributed by atoms with Crippen molar-refractivity contribution in [3.05, 3.63) is 0 Å². The predicted octanol–water partition coefficient (Wildman–Crippen LogP) is 1.87. The topological polar surface area (TPSA) is 17.1 Å². The Balaban J connectivity index is 2.54. The molecule has 1 fully saturated rings. The number of carbonyl (C=O) groups is 1. The zero-order valence-corrected chi connectivity index (χ0v) is 6.35. The van der Waals surface area contributed by atoms with Crippen LogP contribution < -0.4 is 0 Å². The molecule has 1 aliphatic rings. The number of aldehydes is 1. The summed E-state index contributed by atoms with van der Waals surface area (Å²) in [5.41, 5.74) is 0.316. The number of hydrogen-bond donors (Lipinski definition) is 0. The average molecular weight is 126 g/mol. The van der Waals surface area contributed by atoms with Crippen molar-refractivity contribution in [2.24, 2.45) is 17.3 Å². The van der Waals surface area contributed by atoms with Gasteiger partial charge >= 0.3 is 0 Å². The summed E-state index contributed by atoms with van der Waals surface area (Å²) in [5.74, 6) is 1.01. The van der Waals surface area contributed by atoms with Crippen LogP contribution >= 0.6 is 0 Å². The van der Waals surface area contributed by atoms with E-state index in [2.05, 4.69) is 20.8 Å². The van der Waals surface area contributed by atoms with E-state index in [1.54, 1.807) is 0 Å². The third-order valence-corrected chi connectivity index (χ3v) is 2.73. The van der Waals surface area contributed by atoms with Crippen molar-refractivity contribution < 1.29 is 4.79 Å². The molecule has 0 aliphatic heterocycles. The van der Waals surface area contributed by atoms with Crippen molar-refractivity contribution in [2.45, 2.75) is 27.2 Å². The molecule has 0 aromatic carbocycles. The molecule has 1 nitrogen and oxygen atoms in total. The first-order valence-corrected chi connectivity index (χ1v) is 3.60. The van der Waals surface area contributed by atoms with Gasteiger partial charge in [-0.05, 0) is 11.3 Å². The molecule has 0 radical (unpaired) electrons. The van der Waals surface area contributed by atoms with Crippen LogP contribution in [0.3, 0.4) is 0 Å². The Bertz CT molecular complexity index is 127. The van der Waals surface area contributed by atoms with Gasteiger partial charge in [-0.1, -0.05) is 27.2 Å². The molecule has 0 saturated heterocycles. The van der Waals surface area contributed by atoms with E-state index in [1.165, 1.54) is 0 Å². The number of hydrogen-bond acceptors (Lipinski definition) is 1. The van der Waals surface area contributed by atoms with Crippen LogP contribution in [-0.2, 0) is 4.79 Å². The highest BCUT2D eigenvalue weighted by molar-refractivity contribution is 5.61. The van der Waals surface area contributed by atoms with E-state index in [9.17, 15) is 4.79 Å². The molecule has 1 heteroatoms. The van der Waals surface area contributed by atoms with Gasteiger partial charge < -0.3 is 4.79 Å². The molecular formula is C8H14O. The van der Waals surface area contributed by atoms with Gasteiger partial charge in [-0.2, -0.15) is 0 Å². The van der Waals surface area contributed by atoms with Gasteiger partial charge in [-0.25, -0.2) is 0 Å². The molecule has 1 rings (SSSR count). The molecule has 1 aliphatic carbocycles. The maximum Gasteiger partial charge on any atom is 0.123 e. The smallest absolute Gasteiger partial charge is 0.123 e. The summed E-state index contributed by atoms with van der Waals surface area (Å²) in [4.78, 5) is 10.4. The number of rotatable bonds is 2. The van der Waals surface area contributed by atoms with Crippen molar-refractivity contribution in [3.8, 4) is 0 Å². The van der Waals surface area contributed by atoms with Gasteiger partial charge in [-0.3, -0.25) is 0 Å². The molecule has 0 amide bonds. The second kappa shape index (κ2) is 1.83. The van der Waals surface area contributed by atoms with Gasteiger partial charge in [0.1, 0.15) is 6.29 Å². The third-order valence-electron chi connectivity index (χ3n) is 2.73. The van der Waals surface area contributed by atoms with Gasteiger partial charge in [0.2, 0.25) is 0 Å². The van der Waals surface area contributed by atoms with Crippen molar-refractivity contribution >= 4 is 6.29 Å². The molecule has 0 aromatic rings. The SMILES string of the molecule is CCC1C(C=O)C1(C)C. The minimum atomic E-state index is 0.316. The van der Waals surface area contributed by atoms with E-state index in [-0.39, 0.29) is 0 Å². The van der Waals surface area contributed by atoms with E-state index >= 15 is 0 Å². The molecule has 2 unspecified atom stereocenters. The fourth-order valence-electron chi connectivity index (χ4n) is 1.84. The summed E-state index contributed by atoms with van der Waals surface area (Å²) in [6, 6.07) is 0. The zero-order chi connectivity index (χ0) is 7.07. The van der Waals surface area contributed by atoms with Gasteiger partial charge in [0.05, 0.1) is 0 Å². The first kappa shape index (κ1) is 6.79. The Hall–Kier alpha value is -0.330. The lowest BCUT2D eigenvalue weighted by Crippen LogP contribution is -1.90. The van der Waals surface area contributed by atoms with Gasteiger partial charge in [0.15, 0.2) is 0 Å². The summed E-state index contributed by atoms with van der Waals surface area (Å²) in [6.07, 6.45) is 2.25. The van der Waals surface area contributed by atoms with Crippen molar-refractivity contribution in [1.29, 1.82) is 0 Å². The molecule has 0 heterocycles. The van der Waals surface area contributed by atoms with Crippen LogP contribution in [0.15, 0.2) is 0 Å². The zero-order valence-electron chi connectivity index (χ0n) is 6.35. The Kier molecular flexibility index (Phi) is 1.38. The maximum atomic E-state index is 10.4. The monoisotopic (exact) mass is 126 g/mol. The van der Waals surface area contributed by atoms with Crippen molar-refractivity contribution in [1.82, 2.24) is 0 Å². The maximum absolute atomic E-state index is 10.4. The summed E-state index contributed by atoms with van der Waals surface area (Å²) in [7, 11) is 0. The second-order valence-electron chi connectivity index (χ2n) is 3.50. The minimum absolute atomic E-state index is 0.316. The average Bonchev–Trinajstić information content (AvgIpc) is 2.32. The molecule has 2 atom stereocenters. The van der Waals surface area contributed by atoms with Crippen LogP contribution in [0.4, 0.5) is 0 Å². The standard InChI is InChI=1S/C8H14O/c1-4-6-7(5-9)8(6,2)3/h5-7H,4H2,1-3H3. The Morgan fingerprint density at radius 2 is 2.11 bits per heavy atom. The van der Waals surface area contributed by atoms with Crippen LogP contribution in [0.1, 0.15) is 27.2 Å². The lowest BCUT2D eigenvalue weighted by Gasteiger charge is -1.96. The highest BCUT2D eigenvalue weighted by atomic mass is 16.1. The third kappa shape index (κ3) is 0.790. The molecule has 0 aromatic heterocycles. The van der Waals surface area contributed by atoms with E-state index in [1.807, 2.05) is 0 Å². The van der Waals surface area contributed by atoms with Crippen LogP contribution in [0.2, 0.25) is 0 Å². The quantitative estimate of drug-likeness (QED) is 0.516. The summed E-state index contributed by atoms with van der Waals surface area (Å²) in [6.45, 7) is 6.48. The molecule has 0 N–H and O–H groups in total. The Morgan fingerprint density at radius 1 is 1.56 bits per heavy atom. The largest absolute Gasteiger partial charge is 0.303 e. The molecule has 52 valence electrons. The van der Waals surface area contributed by atoms with Gasteiger partial charge in [0.25, 0.3) is 0 Å². The lowest BCUT2D eigenvalue weighted by molar-refractivity contribution is -0.109. The first-order valence-electron chi connectivity index (χ1n) is 3.60. The lowest BCUT2D eigenvalue weighted by atomic mass is 10.1. The van der Waals surface area contributed by atoms with E-state index < -0.39 is 0 Å². The van der Waals surface area contributed by atoms with Gasteiger partial charge in [-0.15, -0.1) is 0 Å². The summed E-state index contributed by atoms with van der Waals surface area (Å²) >= 11 is 0.